The van der Waals surface area contributed by atoms with Crippen molar-refractivity contribution in [2.24, 2.45) is 4.99 Å². The molecule has 0 bridgehead atoms. The molecule has 7 heteroatoms. The Hall–Kier alpha value is -2.77. The fourth-order valence-electron chi connectivity index (χ4n) is 4.07. The minimum absolute atomic E-state index is 0.159. The van der Waals surface area contributed by atoms with Gasteiger partial charge in [0.2, 0.25) is 0 Å². The SMILES string of the molecule is CCSc1ccc(-c2nn(-c3ccccc3)cc2/C=C2\SC(N3CCCCC3)=NC2=O)cc1. The Kier molecular flexibility index (Phi) is 6.69. The minimum Gasteiger partial charge on any atom is -0.351 e. The van der Waals surface area contributed by atoms with Crippen molar-refractivity contribution in [3.63, 3.8) is 0 Å². The molecule has 5 rings (SSSR count). The number of aliphatic imine (C=N–C) groups is 1. The third kappa shape index (κ3) is 4.94. The van der Waals surface area contributed by atoms with Crippen LogP contribution in [0.25, 0.3) is 23.0 Å². The third-order valence-electron chi connectivity index (χ3n) is 5.72. The van der Waals surface area contributed by atoms with Gasteiger partial charge in [-0.25, -0.2) is 4.68 Å². The number of hydrogen-bond acceptors (Lipinski definition) is 5. The summed E-state index contributed by atoms with van der Waals surface area (Å²) in [5.74, 6) is 0.881. The van der Waals surface area contributed by atoms with Crippen molar-refractivity contribution in [2.75, 3.05) is 18.8 Å². The molecule has 3 aromatic rings. The number of piperidine rings is 1. The second kappa shape index (κ2) is 10.0. The Morgan fingerprint density at radius 3 is 2.52 bits per heavy atom. The summed E-state index contributed by atoms with van der Waals surface area (Å²) in [4.78, 5) is 21.2. The molecule has 0 aliphatic carbocycles. The van der Waals surface area contributed by atoms with Crippen LogP contribution >= 0.6 is 23.5 Å². The molecule has 2 aromatic carbocycles. The number of carbonyl (C=O) groups excluding carboxylic acids is 1. The second-order valence-electron chi connectivity index (χ2n) is 8.03. The second-order valence-corrected chi connectivity index (χ2v) is 10.4. The van der Waals surface area contributed by atoms with E-state index in [4.69, 9.17) is 5.10 Å². The number of rotatable bonds is 5. The first kappa shape index (κ1) is 22.0. The lowest BCUT2D eigenvalue weighted by Crippen LogP contribution is -2.33. The van der Waals surface area contributed by atoms with Crippen molar-refractivity contribution in [1.82, 2.24) is 14.7 Å². The third-order valence-corrected chi connectivity index (χ3v) is 7.66. The summed E-state index contributed by atoms with van der Waals surface area (Å²) in [7, 11) is 0. The maximum atomic E-state index is 12.7. The van der Waals surface area contributed by atoms with Gasteiger partial charge in [0, 0.05) is 35.3 Å². The van der Waals surface area contributed by atoms with Gasteiger partial charge in [-0.15, -0.1) is 11.8 Å². The number of nitrogens with zero attached hydrogens (tertiary/aromatic N) is 4. The first-order valence-corrected chi connectivity index (χ1v) is 13.2. The molecular formula is C26H26N4OS2. The van der Waals surface area contributed by atoms with Crippen LogP contribution in [0.5, 0.6) is 0 Å². The molecule has 0 radical (unpaired) electrons. The number of hydrogen-bond donors (Lipinski definition) is 0. The van der Waals surface area contributed by atoms with Crippen LogP contribution in [0.4, 0.5) is 0 Å². The van der Waals surface area contributed by atoms with Crippen LogP contribution in [-0.2, 0) is 4.79 Å². The number of likely N-dealkylation sites (tertiary alicyclic amines) is 1. The van der Waals surface area contributed by atoms with Crippen molar-refractivity contribution in [1.29, 1.82) is 0 Å². The summed E-state index contributed by atoms with van der Waals surface area (Å²) < 4.78 is 1.88. The highest BCUT2D eigenvalue weighted by Crippen LogP contribution is 2.34. The average molecular weight is 475 g/mol. The van der Waals surface area contributed by atoms with Crippen molar-refractivity contribution < 1.29 is 4.79 Å². The van der Waals surface area contributed by atoms with E-state index in [-0.39, 0.29) is 5.91 Å². The van der Waals surface area contributed by atoms with Crippen LogP contribution in [0.2, 0.25) is 0 Å². The zero-order chi connectivity index (χ0) is 22.6. The van der Waals surface area contributed by atoms with Gasteiger partial charge in [0.1, 0.15) is 0 Å². The fourth-order valence-corrected chi connectivity index (χ4v) is 5.68. The molecule has 33 heavy (non-hydrogen) atoms. The summed E-state index contributed by atoms with van der Waals surface area (Å²) in [5, 5.41) is 5.74. The topological polar surface area (TPSA) is 50.5 Å². The van der Waals surface area contributed by atoms with E-state index in [1.54, 1.807) is 0 Å². The summed E-state index contributed by atoms with van der Waals surface area (Å²) in [6.07, 6.45) is 7.52. The highest BCUT2D eigenvalue weighted by molar-refractivity contribution is 8.18. The van der Waals surface area contributed by atoms with Gasteiger partial charge < -0.3 is 4.90 Å². The van der Waals surface area contributed by atoms with Crippen LogP contribution in [-0.4, -0.2) is 44.6 Å². The zero-order valence-corrected chi connectivity index (χ0v) is 20.2. The van der Waals surface area contributed by atoms with Crippen LogP contribution in [0.15, 0.2) is 75.6 Å². The number of carbonyl (C=O) groups is 1. The standard InChI is InChI=1S/C26H26N4OS2/c1-2-32-22-13-11-19(12-14-22)24-20(18-30(28-24)21-9-5-3-6-10-21)17-23-25(31)27-26(33-23)29-15-7-4-8-16-29/h3,5-6,9-14,17-18H,2,4,7-8,15-16H2,1H3/b23-17-. The Morgan fingerprint density at radius 2 is 1.79 bits per heavy atom. The van der Waals surface area contributed by atoms with Gasteiger partial charge in [-0.3, -0.25) is 4.79 Å². The lowest BCUT2D eigenvalue weighted by Gasteiger charge is -2.27. The molecule has 5 nitrogen and oxygen atoms in total. The molecule has 2 aliphatic rings. The van der Waals surface area contributed by atoms with Crippen LogP contribution in [0.3, 0.4) is 0 Å². The van der Waals surface area contributed by atoms with Gasteiger partial charge in [0.05, 0.1) is 16.3 Å². The van der Waals surface area contributed by atoms with Crippen molar-refractivity contribution in [3.8, 4) is 16.9 Å². The van der Waals surface area contributed by atoms with Crippen molar-refractivity contribution in [2.45, 2.75) is 31.1 Å². The van der Waals surface area contributed by atoms with Gasteiger partial charge in [0.15, 0.2) is 5.17 Å². The van der Waals surface area contributed by atoms with Gasteiger partial charge in [0.25, 0.3) is 5.91 Å². The average Bonchev–Trinajstić information content (AvgIpc) is 3.45. The molecule has 168 valence electrons. The van der Waals surface area contributed by atoms with E-state index in [0.29, 0.717) is 4.91 Å². The van der Waals surface area contributed by atoms with Gasteiger partial charge in [-0.2, -0.15) is 10.1 Å². The minimum atomic E-state index is -0.159. The van der Waals surface area contributed by atoms with E-state index in [9.17, 15) is 4.79 Å². The van der Waals surface area contributed by atoms with Gasteiger partial charge >= 0.3 is 0 Å². The summed E-state index contributed by atoms with van der Waals surface area (Å²) in [5.41, 5.74) is 3.79. The summed E-state index contributed by atoms with van der Waals surface area (Å²) in [6.45, 7) is 4.11. The van der Waals surface area contributed by atoms with E-state index in [0.717, 1.165) is 59.4 Å². The van der Waals surface area contributed by atoms with E-state index in [2.05, 4.69) is 41.1 Å². The molecule has 3 heterocycles. The maximum absolute atomic E-state index is 12.7. The summed E-state index contributed by atoms with van der Waals surface area (Å²) >= 11 is 3.31. The predicted molar refractivity (Wildman–Crippen MR) is 139 cm³/mol. The first-order valence-electron chi connectivity index (χ1n) is 11.4. The van der Waals surface area contributed by atoms with E-state index < -0.39 is 0 Å². The number of amides is 1. The number of benzene rings is 2. The number of aromatic nitrogens is 2. The Morgan fingerprint density at radius 1 is 1.03 bits per heavy atom. The largest absolute Gasteiger partial charge is 0.351 e. The van der Waals surface area contributed by atoms with Gasteiger partial charge in [-0.1, -0.05) is 37.3 Å². The van der Waals surface area contributed by atoms with E-state index in [1.807, 2.05) is 59.0 Å². The summed E-state index contributed by atoms with van der Waals surface area (Å²) in [6, 6.07) is 18.5. The molecule has 1 amide bonds. The van der Waals surface area contributed by atoms with Crippen LogP contribution in [0.1, 0.15) is 31.7 Å². The molecule has 1 saturated heterocycles. The zero-order valence-electron chi connectivity index (χ0n) is 18.6. The Labute approximate surface area is 203 Å². The highest BCUT2D eigenvalue weighted by Gasteiger charge is 2.27. The Balaban J connectivity index is 1.49. The molecule has 1 aromatic heterocycles. The van der Waals surface area contributed by atoms with Gasteiger partial charge in [-0.05, 0) is 67.1 Å². The number of para-hydroxylation sites is 1. The smallest absolute Gasteiger partial charge is 0.286 e. The highest BCUT2D eigenvalue weighted by atomic mass is 32.2. The van der Waals surface area contributed by atoms with Crippen LogP contribution in [0, 0.1) is 0 Å². The fraction of sp³-hybridized carbons (Fsp3) is 0.269. The quantitative estimate of drug-likeness (QED) is 0.330. The number of amidine groups is 1. The predicted octanol–water partition coefficient (Wildman–Crippen LogP) is 6.11. The molecule has 0 saturated carbocycles. The first-order chi connectivity index (χ1) is 16.2. The Bertz CT molecular complexity index is 1190. The maximum Gasteiger partial charge on any atom is 0.286 e. The van der Waals surface area contributed by atoms with Crippen LogP contribution < -0.4 is 0 Å². The number of thioether (sulfide) groups is 2. The lowest BCUT2D eigenvalue weighted by atomic mass is 10.1. The molecule has 0 unspecified atom stereocenters. The van der Waals surface area contributed by atoms with E-state index >= 15 is 0 Å². The molecule has 2 aliphatic heterocycles. The monoisotopic (exact) mass is 474 g/mol. The van der Waals surface area contributed by atoms with E-state index in [1.165, 1.54) is 23.1 Å². The van der Waals surface area contributed by atoms with Crippen molar-refractivity contribution in [3.05, 3.63) is 71.3 Å². The molecular weight excluding hydrogens is 448 g/mol. The molecule has 1 fully saturated rings. The normalized spacial score (nSPS) is 17.6. The molecule has 0 N–H and O–H groups in total. The molecule has 0 atom stereocenters. The molecule has 0 spiro atoms. The lowest BCUT2D eigenvalue weighted by molar-refractivity contribution is -0.113. The van der Waals surface area contributed by atoms with Crippen molar-refractivity contribution >= 4 is 40.7 Å².